The van der Waals surface area contributed by atoms with Gasteiger partial charge in [-0.05, 0) is 37.5 Å². The number of rotatable bonds is 6. The topological polar surface area (TPSA) is 69.7 Å². The Bertz CT molecular complexity index is 640. The Labute approximate surface area is 153 Å². The molecular weight excluding hydrogens is 337 g/mol. The van der Waals surface area contributed by atoms with Crippen LogP contribution in [-0.4, -0.2) is 53.7 Å². The maximum absolute atomic E-state index is 12.9. The second kappa shape index (κ2) is 9.31. The van der Waals surface area contributed by atoms with Crippen LogP contribution in [0.3, 0.4) is 0 Å². The van der Waals surface area contributed by atoms with Crippen molar-refractivity contribution in [2.75, 3.05) is 26.2 Å². The van der Waals surface area contributed by atoms with Crippen molar-refractivity contribution in [3.63, 3.8) is 0 Å². The number of nitrogens with one attached hydrogen (secondary N) is 1. The van der Waals surface area contributed by atoms with Crippen LogP contribution in [0.5, 0.6) is 0 Å². The van der Waals surface area contributed by atoms with E-state index < -0.39 is 0 Å². The van der Waals surface area contributed by atoms with Gasteiger partial charge in [0.15, 0.2) is 0 Å². The van der Waals surface area contributed by atoms with Gasteiger partial charge in [-0.2, -0.15) is 0 Å². The number of carbonyl (C=O) groups is 3. The minimum atomic E-state index is -0.321. The average molecular weight is 363 g/mol. The van der Waals surface area contributed by atoms with E-state index in [1.165, 1.54) is 19.1 Å². The summed E-state index contributed by atoms with van der Waals surface area (Å²) in [6.45, 7) is 5.29. The molecule has 142 valence electrons. The summed E-state index contributed by atoms with van der Waals surface area (Å²) in [7, 11) is 0. The second-order valence-electron chi connectivity index (χ2n) is 6.54. The van der Waals surface area contributed by atoms with E-state index in [2.05, 4.69) is 5.32 Å². The summed E-state index contributed by atoms with van der Waals surface area (Å²) in [4.78, 5) is 39.5. The summed E-state index contributed by atoms with van der Waals surface area (Å²) in [5.41, 5.74) is 0.797. The molecule has 0 aromatic heterocycles. The van der Waals surface area contributed by atoms with E-state index in [0.717, 1.165) is 5.56 Å². The summed E-state index contributed by atoms with van der Waals surface area (Å²) < 4.78 is 12.9. The van der Waals surface area contributed by atoms with Crippen molar-refractivity contribution in [3.05, 3.63) is 35.6 Å². The fraction of sp³-hybridized carbons (Fsp3) is 0.526. The number of halogens is 1. The van der Waals surface area contributed by atoms with Crippen LogP contribution < -0.4 is 5.32 Å². The molecule has 1 aliphatic heterocycles. The summed E-state index contributed by atoms with van der Waals surface area (Å²) in [6, 6.07) is 5.91. The fourth-order valence-corrected chi connectivity index (χ4v) is 3.08. The predicted molar refractivity (Wildman–Crippen MR) is 95.5 cm³/mol. The quantitative estimate of drug-likeness (QED) is 0.834. The molecule has 0 unspecified atom stereocenters. The van der Waals surface area contributed by atoms with Gasteiger partial charge in [-0.25, -0.2) is 4.39 Å². The maximum atomic E-state index is 12.9. The van der Waals surface area contributed by atoms with Gasteiger partial charge in [-0.15, -0.1) is 0 Å². The number of amides is 3. The first-order chi connectivity index (χ1) is 12.4. The number of hydrogen-bond acceptors (Lipinski definition) is 3. The fourth-order valence-electron chi connectivity index (χ4n) is 3.08. The first-order valence-corrected chi connectivity index (χ1v) is 8.96. The van der Waals surface area contributed by atoms with E-state index in [1.807, 2.05) is 6.92 Å². The van der Waals surface area contributed by atoms with Gasteiger partial charge in [-0.3, -0.25) is 14.4 Å². The zero-order valence-electron chi connectivity index (χ0n) is 15.3. The average Bonchev–Trinajstić information content (AvgIpc) is 2.65. The van der Waals surface area contributed by atoms with Gasteiger partial charge in [0.05, 0.1) is 6.54 Å². The third kappa shape index (κ3) is 5.54. The van der Waals surface area contributed by atoms with Crippen LogP contribution in [0.1, 0.15) is 32.3 Å². The van der Waals surface area contributed by atoms with Gasteiger partial charge in [0.2, 0.25) is 17.7 Å². The number of benzene rings is 1. The minimum absolute atomic E-state index is 0.00342. The molecule has 1 heterocycles. The zero-order chi connectivity index (χ0) is 19.1. The lowest BCUT2D eigenvalue weighted by molar-refractivity contribution is -0.142. The molecule has 7 heteroatoms. The van der Waals surface area contributed by atoms with E-state index in [4.69, 9.17) is 0 Å². The van der Waals surface area contributed by atoms with Crippen molar-refractivity contribution in [2.24, 2.45) is 5.92 Å². The van der Waals surface area contributed by atoms with Crippen LogP contribution in [0.25, 0.3) is 0 Å². The number of likely N-dealkylation sites (tertiary alicyclic amines) is 1. The summed E-state index contributed by atoms with van der Waals surface area (Å²) in [6.07, 6.45) is 1.26. The maximum Gasteiger partial charge on any atom is 0.239 e. The first kappa shape index (κ1) is 19.9. The van der Waals surface area contributed by atoms with Gasteiger partial charge in [-0.1, -0.05) is 12.1 Å². The van der Waals surface area contributed by atoms with E-state index in [1.54, 1.807) is 21.9 Å². The molecule has 1 aromatic rings. The highest BCUT2D eigenvalue weighted by Gasteiger charge is 2.29. The van der Waals surface area contributed by atoms with Gasteiger partial charge in [0.25, 0.3) is 0 Å². The molecule has 0 aliphatic carbocycles. The largest absolute Gasteiger partial charge is 0.350 e. The van der Waals surface area contributed by atoms with Crippen molar-refractivity contribution >= 4 is 17.7 Å². The standard InChI is InChI=1S/C19H26FN3O3/c1-3-22(19(26)16-8-10-23(11-9-16)14(2)24)13-18(25)21-12-15-4-6-17(20)7-5-15/h4-7,16H,3,8-13H2,1-2H3,(H,21,25). The molecule has 1 aromatic carbocycles. The molecule has 3 amide bonds. The second-order valence-corrected chi connectivity index (χ2v) is 6.54. The third-order valence-electron chi connectivity index (χ3n) is 4.72. The molecule has 1 aliphatic rings. The van der Waals surface area contributed by atoms with Gasteiger partial charge in [0, 0.05) is 39.0 Å². The van der Waals surface area contributed by atoms with E-state index in [-0.39, 0.29) is 36.0 Å². The van der Waals surface area contributed by atoms with Crippen molar-refractivity contribution in [3.8, 4) is 0 Å². The summed E-state index contributed by atoms with van der Waals surface area (Å²) in [5.74, 6) is -0.712. The highest BCUT2D eigenvalue weighted by Crippen LogP contribution is 2.19. The van der Waals surface area contributed by atoms with E-state index >= 15 is 0 Å². The minimum Gasteiger partial charge on any atom is -0.350 e. The molecule has 6 nitrogen and oxygen atoms in total. The van der Waals surface area contributed by atoms with Crippen molar-refractivity contribution < 1.29 is 18.8 Å². The highest BCUT2D eigenvalue weighted by molar-refractivity contribution is 5.86. The molecule has 1 N–H and O–H groups in total. The lowest BCUT2D eigenvalue weighted by Crippen LogP contribution is -2.46. The predicted octanol–water partition coefficient (Wildman–Crippen LogP) is 1.55. The number of nitrogens with zero attached hydrogens (tertiary/aromatic N) is 2. The smallest absolute Gasteiger partial charge is 0.239 e. The van der Waals surface area contributed by atoms with Crippen LogP contribution >= 0.6 is 0 Å². The Hall–Kier alpha value is -2.44. The lowest BCUT2D eigenvalue weighted by Gasteiger charge is -2.33. The highest BCUT2D eigenvalue weighted by atomic mass is 19.1. The van der Waals surface area contributed by atoms with Crippen molar-refractivity contribution in [2.45, 2.75) is 33.2 Å². The van der Waals surface area contributed by atoms with Gasteiger partial charge >= 0.3 is 0 Å². The summed E-state index contributed by atoms with van der Waals surface area (Å²) in [5, 5.41) is 2.75. The zero-order valence-corrected chi connectivity index (χ0v) is 15.3. The molecular formula is C19H26FN3O3. The Morgan fingerprint density at radius 3 is 2.35 bits per heavy atom. The van der Waals surface area contributed by atoms with Crippen LogP contribution in [0.15, 0.2) is 24.3 Å². The van der Waals surface area contributed by atoms with Crippen molar-refractivity contribution in [1.29, 1.82) is 0 Å². The SMILES string of the molecule is CCN(CC(=O)NCc1ccc(F)cc1)C(=O)C1CCN(C(C)=O)CC1. The van der Waals surface area contributed by atoms with Gasteiger partial charge in [0.1, 0.15) is 5.82 Å². The molecule has 26 heavy (non-hydrogen) atoms. The van der Waals surface area contributed by atoms with Crippen LogP contribution in [0, 0.1) is 11.7 Å². The Balaban J connectivity index is 1.81. The van der Waals surface area contributed by atoms with E-state index in [9.17, 15) is 18.8 Å². The van der Waals surface area contributed by atoms with Crippen LogP contribution in [0.4, 0.5) is 4.39 Å². The monoisotopic (exact) mass is 363 g/mol. The number of likely N-dealkylation sites (N-methyl/N-ethyl adjacent to an activating group) is 1. The van der Waals surface area contributed by atoms with E-state index in [0.29, 0.717) is 39.0 Å². The van der Waals surface area contributed by atoms with Crippen LogP contribution in [-0.2, 0) is 20.9 Å². The van der Waals surface area contributed by atoms with Crippen molar-refractivity contribution in [1.82, 2.24) is 15.1 Å². The molecule has 1 fully saturated rings. The molecule has 0 saturated carbocycles. The molecule has 0 atom stereocenters. The Morgan fingerprint density at radius 1 is 1.19 bits per heavy atom. The third-order valence-corrected chi connectivity index (χ3v) is 4.72. The van der Waals surface area contributed by atoms with Gasteiger partial charge < -0.3 is 15.1 Å². The van der Waals surface area contributed by atoms with Crippen LogP contribution in [0.2, 0.25) is 0 Å². The number of piperidine rings is 1. The summed E-state index contributed by atoms with van der Waals surface area (Å²) >= 11 is 0. The number of carbonyl (C=O) groups excluding carboxylic acids is 3. The molecule has 0 spiro atoms. The lowest BCUT2D eigenvalue weighted by atomic mass is 9.95. The molecule has 0 bridgehead atoms. The number of hydrogen-bond donors (Lipinski definition) is 1. The molecule has 1 saturated heterocycles. The Morgan fingerprint density at radius 2 is 1.81 bits per heavy atom. The first-order valence-electron chi connectivity index (χ1n) is 8.96. The molecule has 2 rings (SSSR count). The molecule has 0 radical (unpaired) electrons. The Kier molecular flexibility index (Phi) is 7.12. The normalized spacial score (nSPS) is 14.8.